The molecule has 0 radical (unpaired) electrons. The van der Waals surface area contributed by atoms with Crippen molar-refractivity contribution < 1.29 is 19.1 Å². The van der Waals surface area contributed by atoms with Gasteiger partial charge in [-0.25, -0.2) is 4.79 Å². The van der Waals surface area contributed by atoms with Crippen LogP contribution in [0.2, 0.25) is 0 Å². The highest BCUT2D eigenvalue weighted by Crippen LogP contribution is 2.70. The quantitative estimate of drug-likeness (QED) is 0.734. The first kappa shape index (κ1) is 12.9. The summed E-state index contributed by atoms with van der Waals surface area (Å²) in [5.74, 6) is -0.611. The van der Waals surface area contributed by atoms with E-state index in [1.54, 1.807) is 0 Å². The monoisotopic (exact) mass is 266 g/mol. The standard InChI is InChI=1S/C15H22O4/c1-14(10-15(14)7-3-2-4-8-15)13(17)18-9-12(16)19-11-5-6-11/h11H,2-10H2,1H3. The molecule has 0 aromatic carbocycles. The fraction of sp³-hybridized carbons (Fsp3) is 0.867. The van der Waals surface area contributed by atoms with Gasteiger partial charge in [-0.2, -0.15) is 0 Å². The minimum Gasteiger partial charge on any atom is -0.460 e. The molecule has 4 heteroatoms. The Hall–Kier alpha value is -1.06. The van der Waals surface area contributed by atoms with Crippen molar-refractivity contribution in [2.75, 3.05) is 6.61 Å². The molecule has 19 heavy (non-hydrogen) atoms. The summed E-state index contributed by atoms with van der Waals surface area (Å²) in [4.78, 5) is 23.6. The maximum absolute atomic E-state index is 12.2. The first-order chi connectivity index (χ1) is 9.06. The molecular weight excluding hydrogens is 244 g/mol. The topological polar surface area (TPSA) is 52.6 Å². The van der Waals surface area contributed by atoms with Crippen LogP contribution in [0.1, 0.15) is 58.3 Å². The van der Waals surface area contributed by atoms with Gasteiger partial charge in [0, 0.05) is 0 Å². The molecule has 3 aliphatic rings. The van der Waals surface area contributed by atoms with E-state index < -0.39 is 5.97 Å². The largest absolute Gasteiger partial charge is 0.460 e. The molecule has 0 N–H and O–H groups in total. The molecule has 0 heterocycles. The zero-order valence-electron chi connectivity index (χ0n) is 11.6. The Balaban J connectivity index is 1.48. The number of rotatable bonds is 4. The van der Waals surface area contributed by atoms with Crippen LogP contribution >= 0.6 is 0 Å². The van der Waals surface area contributed by atoms with Gasteiger partial charge in [0.1, 0.15) is 6.10 Å². The van der Waals surface area contributed by atoms with Crippen LogP contribution in [0.3, 0.4) is 0 Å². The second kappa shape index (κ2) is 4.50. The van der Waals surface area contributed by atoms with Gasteiger partial charge in [0.05, 0.1) is 5.41 Å². The average Bonchev–Trinajstić information content (AvgIpc) is 3.29. The number of esters is 2. The lowest BCUT2D eigenvalue weighted by atomic mass is 9.80. The first-order valence-corrected chi connectivity index (χ1v) is 7.43. The van der Waals surface area contributed by atoms with Crippen molar-refractivity contribution in [3.05, 3.63) is 0 Å². The molecule has 0 bridgehead atoms. The Kier molecular flexibility index (Phi) is 3.06. The fourth-order valence-electron chi connectivity index (χ4n) is 3.57. The summed E-state index contributed by atoms with van der Waals surface area (Å²) < 4.78 is 10.2. The van der Waals surface area contributed by atoms with Gasteiger partial charge in [0.15, 0.2) is 6.61 Å². The molecule has 0 saturated heterocycles. The van der Waals surface area contributed by atoms with Crippen LogP contribution in [-0.2, 0) is 19.1 Å². The molecule has 0 amide bonds. The molecule has 0 aromatic heterocycles. The van der Waals surface area contributed by atoms with E-state index in [0.717, 1.165) is 32.1 Å². The van der Waals surface area contributed by atoms with Gasteiger partial charge in [0.2, 0.25) is 0 Å². The van der Waals surface area contributed by atoms with Crippen molar-refractivity contribution in [1.29, 1.82) is 0 Å². The summed E-state index contributed by atoms with van der Waals surface area (Å²) in [7, 11) is 0. The molecule has 3 aliphatic carbocycles. The molecule has 3 fully saturated rings. The van der Waals surface area contributed by atoms with Crippen molar-refractivity contribution in [1.82, 2.24) is 0 Å². The van der Waals surface area contributed by atoms with Gasteiger partial charge in [-0.1, -0.05) is 19.3 Å². The molecule has 4 nitrogen and oxygen atoms in total. The SMILES string of the molecule is CC1(C(=O)OCC(=O)OC2CC2)CC12CCCCC2. The molecule has 1 spiro atoms. The highest BCUT2D eigenvalue weighted by atomic mass is 16.6. The average molecular weight is 266 g/mol. The van der Waals surface area contributed by atoms with E-state index in [0.29, 0.717) is 0 Å². The number of hydrogen-bond acceptors (Lipinski definition) is 4. The van der Waals surface area contributed by atoms with E-state index in [2.05, 4.69) is 0 Å². The van der Waals surface area contributed by atoms with Crippen LogP contribution in [0.25, 0.3) is 0 Å². The minimum atomic E-state index is -0.405. The van der Waals surface area contributed by atoms with Crippen LogP contribution in [0.5, 0.6) is 0 Å². The molecular formula is C15H22O4. The number of hydrogen-bond donors (Lipinski definition) is 0. The highest BCUT2D eigenvalue weighted by Gasteiger charge is 2.68. The van der Waals surface area contributed by atoms with E-state index >= 15 is 0 Å². The van der Waals surface area contributed by atoms with Crippen LogP contribution in [0.4, 0.5) is 0 Å². The van der Waals surface area contributed by atoms with Gasteiger partial charge in [-0.05, 0) is 44.4 Å². The van der Waals surface area contributed by atoms with Crippen molar-refractivity contribution >= 4 is 11.9 Å². The normalized spacial score (nSPS) is 31.8. The summed E-state index contributed by atoms with van der Waals surface area (Å²) in [5.41, 5.74) is -0.185. The predicted octanol–water partition coefficient (Wildman–Crippen LogP) is 2.60. The Labute approximate surface area is 113 Å². The Morgan fingerprint density at radius 1 is 1.16 bits per heavy atom. The van der Waals surface area contributed by atoms with Crippen molar-refractivity contribution in [2.24, 2.45) is 10.8 Å². The summed E-state index contributed by atoms with van der Waals surface area (Å²) in [6.45, 7) is 1.77. The third kappa shape index (κ3) is 2.37. The van der Waals surface area contributed by atoms with Gasteiger partial charge < -0.3 is 9.47 Å². The lowest BCUT2D eigenvalue weighted by Gasteiger charge is -2.25. The first-order valence-electron chi connectivity index (χ1n) is 7.43. The third-order valence-corrected chi connectivity index (χ3v) is 5.14. The third-order valence-electron chi connectivity index (χ3n) is 5.14. The van der Waals surface area contributed by atoms with E-state index in [-0.39, 0.29) is 29.5 Å². The molecule has 106 valence electrons. The van der Waals surface area contributed by atoms with Crippen LogP contribution in [-0.4, -0.2) is 24.6 Å². The second-order valence-electron chi connectivity index (χ2n) is 6.62. The Bertz CT molecular complexity index is 393. The second-order valence-corrected chi connectivity index (χ2v) is 6.62. The smallest absolute Gasteiger partial charge is 0.344 e. The molecule has 0 aromatic rings. The maximum atomic E-state index is 12.2. The van der Waals surface area contributed by atoms with Crippen LogP contribution < -0.4 is 0 Å². The van der Waals surface area contributed by atoms with E-state index in [9.17, 15) is 9.59 Å². The van der Waals surface area contributed by atoms with Crippen molar-refractivity contribution in [2.45, 2.75) is 64.4 Å². The van der Waals surface area contributed by atoms with Gasteiger partial charge in [0.25, 0.3) is 0 Å². The molecule has 1 atom stereocenters. The van der Waals surface area contributed by atoms with Crippen molar-refractivity contribution in [3.63, 3.8) is 0 Å². The molecule has 1 unspecified atom stereocenters. The zero-order chi connectivity index (χ0) is 13.5. The number of carbonyl (C=O) groups excluding carboxylic acids is 2. The highest BCUT2D eigenvalue weighted by molar-refractivity contribution is 5.84. The number of ether oxygens (including phenoxy) is 2. The minimum absolute atomic E-state index is 0.0763. The zero-order valence-corrected chi connectivity index (χ0v) is 11.6. The van der Waals surface area contributed by atoms with Gasteiger partial charge in [-0.15, -0.1) is 0 Å². The summed E-state index contributed by atoms with van der Waals surface area (Å²) >= 11 is 0. The molecule has 0 aliphatic heterocycles. The predicted molar refractivity (Wildman–Crippen MR) is 68.3 cm³/mol. The Morgan fingerprint density at radius 3 is 2.47 bits per heavy atom. The molecule has 3 saturated carbocycles. The lowest BCUT2D eigenvalue weighted by Crippen LogP contribution is -2.27. The fourth-order valence-corrected chi connectivity index (χ4v) is 3.57. The van der Waals surface area contributed by atoms with Crippen LogP contribution in [0.15, 0.2) is 0 Å². The number of carbonyl (C=O) groups is 2. The lowest BCUT2D eigenvalue weighted by molar-refractivity contribution is -0.163. The maximum Gasteiger partial charge on any atom is 0.344 e. The van der Waals surface area contributed by atoms with Crippen molar-refractivity contribution in [3.8, 4) is 0 Å². The Morgan fingerprint density at radius 2 is 1.84 bits per heavy atom. The molecule has 3 rings (SSSR count). The summed E-state index contributed by atoms with van der Waals surface area (Å²) in [6.07, 6.45) is 8.86. The van der Waals surface area contributed by atoms with Gasteiger partial charge in [-0.3, -0.25) is 4.79 Å². The summed E-state index contributed by atoms with van der Waals surface area (Å²) in [6, 6.07) is 0. The van der Waals surface area contributed by atoms with E-state index in [4.69, 9.17) is 9.47 Å². The van der Waals surface area contributed by atoms with Gasteiger partial charge >= 0.3 is 11.9 Å². The van der Waals surface area contributed by atoms with E-state index in [1.807, 2.05) is 6.92 Å². The van der Waals surface area contributed by atoms with Crippen LogP contribution in [0, 0.1) is 10.8 Å². The van der Waals surface area contributed by atoms with E-state index in [1.165, 1.54) is 19.3 Å². The summed E-state index contributed by atoms with van der Waals surface area (Å²) in [5, 5.41) is 0.